The summed E-state index contributed by atoms with van der Waals surface area (Å²) in [6.07, 6.45) is 0. The van der Waals surface area contributed by atoms with Crippen LogP contribution in [0.25, 0.3) is 0 Å². The smallest absolute Gasteiger partial charge is 0.0461 e. The van der Waals surface area contributed by atoms with Crippen molar-refractivity contribution in [2.24, 2.45) is 0 Å². The van der Waals surface area contributed by atoms with Crippen LogP contribution in [0, 0.1) is 20.8 Å². The summed E-state index contributed by atoms with van der Waals surface area (Å²) in [6.45, 7) is 30.3. The third-order valence-electron chi connectivity index (χ3n) is 9.96. The fraction of sp³-hybridized carbons (Fsp3) is 0.217. The Labute approximate surface area is 439 Å². The molecule has 0 unspecified atom stereocenters. The third-order valence-corrected chi connectivity index (χ3v) is 9.96. The van der Waals surface area contributed by atoms with Gasteiger partial charge in [-0.2, -0.15) is 0 Å². The molecule has 0 radical (unpaired) electrons. The molecular formula is C69H87N3. The average molecular weight is 958 g/mol. The summed E-state index contributed by atoms with van der Waals surface area (Å²) in [4.78, 5) is 6.79. The standard InChI is InChI=1S/3C19H17N.6C2H6/c3*1-16-12-14-19(15-13-16)20(17-8-4-2-5-9-17)18-10-6-3-7-11-18;6*1-2/h3*2-15H,1H3;6*1-2H3. The Morgan fingerprint density at radius 2 is 0.264 bits per heavy atom. The Morgan fingerprint density at radius 3 is 0.389 bits per heavy atom. The topological polar surface area (TPSA) is 9.72 Å². The number of nitrogens with zero attached hydrogens (tertiary/aromatic N) is 3. The molecule has 72 heavy (non-hydrogen) atoms. The summed E-state index contributed by atoms with van der Waals surface area (Å²) in [5, 5.41) is 0. The van der Waals surface area contributed by atoms with E-state index in [2.05, 4.69) is 254 Å². The first-order chi connectivity index (χ1) is 35.5. The molecule has 378 valence electrons. The lowest BCUT2D eigenvalue weighted by Gasteiger charge is -2.25. The van der Waals surface area contributed by atoms with E-state index in [-0.39, 0.29) is 0 Å². The predicted octanol–water partition coefficient (Wildman–Crippen LogP) is 22.6. The van der Waals surface area contributed by atoms with Gasteiger partial charge in [-0.25, -0.2) is 0 Å². The zero-order chi connectivity index (χ0) is 53.4. The summed E-state index contributed by atoms with van der Waals surface area (Å²) >= 11 is 0. The minimum absolute atomic E-state index is 1.17. The maximum Gasteiger partial charge on any atom is 0.0461 e. The molecule has 0 spiro atoms. The lowest BCUT2D eigenvalue weighted by molar-refractivity contribution is 1.27. The average Bonchev–Trinajstić information content (AvgIpc) is 3.48. The van der Waals surface area contributed by atoms with Crippen LogP contribution < -0.4 is 14.7 Å². The van der Waals surface area contributed by atoms with E-state index in [1.54, 1.807) is 0 Å². The molecule has 0 amide bonds. The van der Waals surface area contributed by atoms with Gasteiger partial charge in [-0.15, -0.1) is 0 Å². The first-order valence-corrected chi connectivity index (χ1v) is 26.4. The largest absolute Gasteiger partial charge is 0.311 e. The Morgan fingerprint density at radius 1 is 0.153 bits per heavy atom. The highest BCUT2D eigenvalue weighted by molar-refractivity contribution is 5.78. The predicted molar refractivity (Wildman–Crippen MR) is 326 cm³/mol. The monoisotopic (exact) mass is 958 g/mol. The summed E-state index contributed by atoms with van der Waals surface area (Å²) in [6, 6.07) is 88.5. The van der Waals surface area contributed by atoms with E-state index in [4.69, 9.17) is 0 Å². The van der Waals surface area contributed by atoms with Gasteiger partial charge in [0.15, 0.2) is 0 Å². The molecule has 0 bridgehead atoms. The number of benzene rings is 9. The third kappa shape index (κ3) is 20.8. The van der Waals surface area contributed by atoms with Gasteiger partial charge >= 0.3 is 0 Å². The van der Waals surface area contributed by atoms with Gasteiger partial charge in [-0.1, -0.05) is 245 Å². The van der Waals surface area contributed by atoms with Crippen molar-refractivity contribution in [2.75, 3.05) is 14.7 Å². The van der Waals surface area contributed by atoms with Crippen LogP contribution in [0.4, 0.5) is 51.2 Å². The number of hydrogen-bond donors (Lipinski definition) is 0. The van der Waals surface area contributed by atoms with E-state index in [9.17, 15) is 0 Å². The number of anilines is 9. The van der Waals surface area contributed by atoms with E-state index in [0.29, 0.717) is 0 Å². The molecule has 0 aliphatic carbocycles. The van der Waals surface area contributed by atoms with Crippen LogP contribution in [-0.2, 0) is 0 Å². The van der Waals surface area contributed by atoms with Crippen molar-refractivity contribution in [3.05, 3.63) is 271 Å². The number of aryl methyl sites for hydroxylation is 3. The van der Waals surface area contributed by atoms with Gasteiger partial charge in [-0.05, 0) is 130 Å². The van der Waals surface area contributed by atoms with Crippen molar-refractivity contribution in [1.82, 2.24) is 0 Å². The zero-order valence-corrected chi connectivity index (χ0v) is 46.6. The Balaban J connectivity index is 0.000000488. The van der Waals surface area contributed by atoms with Crippen LogP contribution in [0.5, 0.6) is 0 Å². The molecule has 0 N–H and O–H groups in total. The van der Waals surface area contributed by atoms with Gasteiger partial charge in [0.1, 0.15) is 0 Å². The number of para-hydroxylation sites is 6. The molecule has 0 saturated heterocycles. The van der Waals surface area contributed by atoms with Crippen LogP contribution >= 0.6 is 0 Å². The van der Waals surface area contributed by atoms with Crippen molar-refractivity contribution in [3.63, 3.8) is 0 Å². The van der Waals surface area contributed by atoms with Gasteiger partial charge in [0.05, 0.1) is 0 Å². The molecule has 0 aliphatic rings. The molecule has 3 heteroatoms. The van der Waals surface area contributed by atoms with E-state index >= 15 is 0 Å². The second-order valence-electron chi connectivity index (χ2n) is 14.5. The van der Waals surface area contributed by atoms with Crippen molar-refractivity contribution >= 4 is 51.2 Å². The van der Waals surface area contributed by atoms with Crippen LogP contribution in [0.3, 0.4) is 0 Å². The first kappa shape index (κ1) is 62.4. The SMILES string of the molecule is CC.CC.CC.CC.CC.CC.Cc1ccc(N(c2ccccc2)c2ccccc2)cc1.Cc1ccc(N(c2ccccc2)c2ccccc2)cc1.Cc1ccc(N(c2ccccc2)c2ccccc2)cc1. The molecule has 0 heterocycles. The van der Waals surface area contributed by atoms with Gasteiger partial charge in [0.25, 0.3) is 0 Å². The summed E-state index contributed by atoms with van der Waals surface area (Å²) in [5.41, 5.74) is 14.4. The van der Waals surface area contributed by atoms with E-state index in [1.165, 1.54) is 67.9 Å². The molecule has 3 nitrogen and oxygen atoms in total. The highest BCUT2D eigenvalue weighted by Crippen LogP contribution is 2.36. The molecule has 0 saturated carbocycles. The molecule has 0 aromatic heterocycles. The van der Waals surface area contributed by atoms with Crippen molar-refractivity contribution in [3.8, 4) is 0 Å². The highest BCUT2D eigenvalue weighted by Gasteiger charge is 2.13. The van der Waals surface area contributed by atoms with Crippen LogP contribution in [0.2, 0.25) is 0 Å². The Bertz CT molecular complexity index is 2150. The fourth-order valence-electron chi connectivity index (χ4n) is 6.89. The normalized spacial score (nSPS) is 9.04. The molecular weight excluding hydrogens is 871 g/mol. The first-order valence-electron chi connectivity index (χ1n) is 26.4. The minimum atomic E-state index is 1.17. The van der Waals surface area contributed by atoms with Crippen LogP contribution in [0.1, 0.15) is 99.8 Å². The lowest BCUT2D eigenvalue weighted by atomic mass is 10.1. The molecule has 0 atom stereocenters. The van der Waals surface area contributed by atoms with E-state index < -0.39 is 0 Å². The molecule has 0 aliphatic heterocycles. The van der Waals surface area contributed by atoms with Crippen LogP contribution in [0.15, 0.2) is 255 Å². The van der Waals surface area contributed by atoms with E-state index in [1.807, 2.05) is 119 Å². The number of rotatable bonds is 9. The maximum atomic E-state index is 2.26. The molecule has 0 fully saturated rings. The second-order valence-corrected chi connectivity index (χ2v) is 14.5. The van der Waals surface area contributed by atoms with E-state index in [0.717, 1.165) is 0 Å². The Kier molecular flexibility index (Phi) is 33.9. The maximum absolute atomic E-state index is 2.26. The van der Waals surface area contributed by atoms with Gasteiger partial charge < -0.3 is 14.7 Å². The van der Waals surface area contributed by atoms with Crippen molar-refractivity contribution in [2.45, 2.75) is 104 Å². The number of hydrogen-bond acceptors (Lipinski definition) is 3. The lowest BCUT2D eigenvalue weighted by Crippen LogP contribution is -2.09. The minimum Gasteiger partial charge on any atom is -0.311 e. The van der Waals surface area contributed by atoms with Crippen LogP contribution in [-0.4, -0.2) is 0 Å². The summed E-state index contributed by atoms with van der Waals surface area (Å²) in [7, 11) is 0. The van der Waals surface area contributed by atoms with Crippen molar-refractivity contribution < 1.29 is 0 Å². The summed E-state index contributed by atoms with van der Waals surface area (Å²) in [5.74, 6) is 0. The fourth-order valence-corrected chi connectivity index (χ4v) is 6.89. The summed E-state index contributed by atoms with van der Waals surface area (Å²) < 4.78 is 0. The quantitative estimate of drug-likeness (QED) is 0.143. The zero-order valence-electron chi connectivity index (χ0n) is 46.6. The van der Waals surface area contributed by atoms with Gasteiger partial charge in [0, 0.05) is 51.2 Å². The second kappa shape index (κ2) is 39.1. The van der Waals surface area contributed by atoms with Gasteiger partial charge in [0.2, 0.25) is 0 Å². The highest BCUT2D eigenvalue weighted by atomic mass is 15.2. The molecule has 9 aromatic carbocycles. The Hall–Kier alpha value is -7.62. The molecule has 9 aromatic rings. The van der Waals surface area contributed by atoms with Gasteiger partial charge in [-0.3, -0.25) is 0 Å². The molecule has 9 rings (SSSR count). The van der Waals surface area contributed by atoms with Crippen molar-refractivity contribution in [1.29, 1.82) is 0 Å².